The zero-order valence-electron chi connectivity index (χ0n) is 11.8. The molecule has 0 heterocycles. The second-order valence-corrected chi connectivity index (χ2v) is 7.04. The van der Waals surface area contributed by atoms with Gasteiger partial charge in [0.2, 0.25) is 5.91 Å². The average molecular weight is 307 g/mol. The normalized spacial score (nSPS) is 26.6. The van der Waals surface area contributed by atoms with E-state index in [0.717, 1.165) is 24.6 Å². The van der Waals surface area contributed by atoms with E-state index in [4.69, 9.17) is 0 Å². The lowest BCUT2D eigenvalue weighted by Crippen LogP contribution is -2.47. The molecular weight excluding hydrogens is 280 g/mol. The third kappa shape index (κ3) is 6.37. The van der Waals surface area contributed by atoms with Crippen LogP contribution in [0.3, 0.4) is 0 Å². The lowest BCUT2D eigenvalue weighted by Gasteiger charge is -2.31. The van der Waals surface area contributed by atoms with Crippen LogP contribution in [0.25, 0.3) is 0 Å². The van der Waals surface area contributed by atoms with Crippen molar-refractivity contribution in [1.82, 2.24) is 10.6 Å². The van der Waals surface area contributed by atoms with Crippen LogP contribution in [0.2, 0.25) is 0 Å². The fraction of sp³-hybridized carbons (Fsp3) is 0.929. The molecule has 0 radical (unpaired) electrons. The zero-order chi connectivity index (χ0) is 12.8. The number of nitrogens with one attached hydrogen (secondary N) is 2. The summed E-state index contributed by atoms with van der Waals surface area (Å²) >= 11 is 2.01. The number of rotatable bonds is 7. The number of hydrogen-bond acceptors (Lipinski definition) is 3. The number of hydrogen-bond donors (Lipinski definition) is 2. The Kier molecular flexibility index (Phi) is 8.19. The van der Waals surface area contributed by atoms with Crippen LogP contribution in [0.15, 0.2) is 0 Å². The van der Waals surface area contributed by atoms with Crippen molar-refractivity contribution >= 4 is 30.1 Å². The van der Waals surface area contributed by atoms with Gasteiger partial charge in [0.1, 0.15) is 0 Å². The Morgan fingerprint density at radius 2 is 1.95 bits per heavy atom. The van der Waals surface area contributed by atoms with Crippen molar-refractivity contribution in [3.8, 4) is 0 Å². The summed E-state index contributed by atoms with van der Waals surface area (Å²) in [6.07, 6.45) is 7.69. The summed E-state index contributed by atoms with van der Waals surface area (Å²) in [7, 11) is 0. The van der Waals surface area contributed by atoms with E-state index >= 15 is 0 Å². The van der Waals surface area contributed by atoms with Gasteiger partial charge < -0.3 is 10.6 Å². The molecule has 5 heteroatoms. The molecule has 0 spiro atoms. The summed E-state index contributed by atoms with van der Waals surface area (Å²) in [4.78, 5) is 11.9. The van der Waals surface area contributed by atoms with Crippen LogP contribution in [-0.2, 0) is 4.79 Å². The van der Waals surface area contributed by atoms with Crippen LogP contribution in [-0.4, -0.2) is 36.0 Å². The van der Waals surface area contributed by atoms with Gasteiger partial charge in [-0.1, -0.05) is 19.8 Å². The fourth-order valence-corrected chi connectivity index (χ4v) is 3.84. The maximum absolute atomic E-state index is 11.9. The van der Waals surface area contributed by atoms with Gasteiger partial charge in [-0.15, -0.1) is 12.4 Å². The van der Waals surface area contributed by atoms with Gasteiger partial charge in [-0.3, -0.25) is 4.79 Å². The Morgan fingerprint density at radius 1 is 1.21 bits per heavy atom. The maximum Gasteiger partial charge on any atom is 0.234 e. The summed E-state index contributed by atoms with van der Waals surface area (Å²) in [6, 6.07) is 0.402. The SMILES string of the molecule is CCSC1CCCCC1NC(=O)CNCC1CC1.Cl. The molecule has 2 atom stereocenters. The summed E-state index contributed by atoms with van der Waals surface area (Å²) in [5.74, 6) is 2.18. The first-order valence-electron chi connectivity index (χ1n) is 7.41. The molecule has 2 fully saturated rings. The summed E-state index contributed by atoms with van der Waals surface area (Å²) in [6.45, 7) is 3.72. The Bertz CT molecular complexity index is 272. The molecule has 2 aliphatic rings. The number of carbonyl (C=O) groups excluding carboxylic acids is 1. The van der Waals surface area contributed by atoms with E-state index in [9.17, 15) is 4.79 Å². The summed E-state index contributed by atoms with van der Waals surface area (Å²) in [5.41, 5.74) is 0. The van der Waals surface area contributed by atoms with Gasteiger partial charge in [0, 0.05) is 11.3 Å². The van der Waals surface area contributed by atoms with E-state index < -0.39 is 0 Å². The van der Waals surface area contributed by atoms with E-state index in [1.54, 1.807) is 0 Å². The second-order valence-electron chi connectivity index (χ2n) is 5.53. The molecule has 112 valence electrons. The molecule has 2 N–H and O–H groups in total. The highest BCUT2D eigenvalue weighted by atomic mass is 35.5. The van der Waals surface area contributed by atoms with Crippen molar-refractivity contribution in [2.24, 2.45) is 5.92 Å². The molecular formula is C14H27ClN2OS. The number of amides is 1. The van der Waals surface area contributed by atoms with Crippen molar-refractivity contribution in [2.45, 2.75) is 56.7 Å². The Labute approximate surface area is 127 Å². The van der Waals surface area contributed by atoms with Gasteiger partial charge in [-0.05, 0) is 43.9 Å². The predicted molar refractivity (Wildman–Crippen MR) is 85.2 cm³/mol. The van der Waals surface area contributed by atoms with Gasteiger partial charge in [0.25, 0.3) is 0 Å². The monoisotopic (exact) mass is 306 g/mol. The minimum Gasteiger partial charge on any atom is -0.351 e. The molecule has 3 nitrogen and oxygen atoms in total. The molecule has 19 heavy (non-hydrogen) atoms. The molecule has 0 bridgehead atoms. The molecule has 2 aliphatic carbocycles. The fourth-order valence-electron chi connectivity index (χ4n) is 2.65. The number of thioether (sulfide) groups is 1. The van der Waals surface area contributed by atoms with E-state index in [0.29, 0.717) is 17.8 Å². The van der Waals surface area contributed by atoms with Crippen LogP contribution in [0.4, 0.5) is 0 Å². The molecule has 0 saturated heterocycles. The first-order chi connectivity index (χ1) is 8.79. The van der Waals surface area contributed by atoms with Crippen LogP contribution in [0.1, 0.15) is 45.4 Å². The third-order valence-corrected chi connectivity index (χ3v) is 5.17. The molecule has 2 unspecified atom stereocenters. The highest BCUT2D eigenvalue weighted by molar-refractivity contribution is 7.99. The van der Waals surface area contributed by atoms with Gasteiger partial charge in [-0.2, -0.15) is 11.8 Å². The third-order valence-electron chi connectivity index (χ3n) is 3.85. The number of halogens is 1. The largest absolute Gasteiger partial charge is 0.351 e. The zero-order valence-corrected chi connectivity index (χ0v) is 13.5. The van der Waals surface area contributed by atoms with Crippen molar-refractivity contribution in [2.75, 3.05) is 18.8 Å². The molecule has 1 amide bonds. The van der Waals surface area contributed by atoms with Crippen molar-refractivity contribution in [3.05, 3.63) is 0 Å². The van der Waals surface area contributed by atoms with Gasteiger partial charge in [0.05, 0.1) is 6.54 Å². The molecule has 0 aromatic rings. The van der Waals surface area contributed by atoms with Crippen LogP contribution < -0.4 is 10.6 Å². The van der Waals surface area contributed by atoms with Crippen LogP contribution in [0.5, 0.6) is 0 Å². The van der Waals surface area contributed by atoms with E-state index in [1.807, 2.05) is 11.8 Å². The van der Waals surface area contributed by atoms with Crippen molar-refractivity contribution < 1.29 is 4.79 Å². The van der Waals surface area contributed by atoms with Gasteiger partial charge >= 0.3 is 0 Å². The van der Waals surface area contributed by atoms with E-state index in [-0.39, 0.29) is 18.3 Å². The van der Waals surface area contributed by atoms with Crippen molar-refractivity contribution in [1.29, 1.82) is 0 Å². The van der Waals surface area contributed by atoms with E-state index in [2.05, 4.69) is 17.6 Å². The maximum atomic E-state index is 11.9. The van der Waals surface area contributed by atoms with Gasteiger partial charge in [0.15, 0.2) is 0 Å². The predicted octanol–water partition coefficient (Wildman–Crippen LogP) is 2.59. The Morgan fingerprint density at radius 3 is 2.63 bits per heavy atom. The first-order valence-corrected chi connectivity index (χ1v) is 8.46. The van der Waals surface area contributed by atoms with Crippen LogP contribution >= 0.6 is 24.2 Å². The topological polar surface area (TPSA) is 41.1 Å². The first kappa shape index (κ1) is 17.1. The molecule has 2 rings (SSSR count). The smallest absolute Gasteiger partial charge is 0.234 e. The average Bonchev–Trinajstić information content (AvgIpc) is 3.16. The highest BCUT2D eigenvalue weighted by Gasteiger charge is 2.26. The van der Waals surface area contributed by atoms with Gasteiger partial charge in [-0.25, -0.2) is 0 Å². The molecule has 0 aliphatic heterocycles. The second kappa shape index (κ2) is 9.09. The lowest BCUT2D eigenvalue weighted by atomic mass is 9.95. The van der Waals surface area contributed by atoms with Crippen molar-refractivity contribution in [3.63, 3.8) is 0 Å². The Hall–Kier alpha value is 0.0700. The summed E-state index contributed by atoms with van der Waals surface area (Å²) < 4.78 is 0. The standard InChI is InChI=1S/C14H26N2OS.ClH/c1-2-18-13-6-4-3-5-12(13)16-14(17)10-15-9-11-7-8-11;/h11-13,15H,2-10H2,1H3,(H,16,17);1H. The number of carbonyl (C=O) groups is 1. The molecule has 0 aromatic carbocycles. The molecule has 0 aromatic heterocycles. The van der Waals surface area contributed by atoms with Crippen LogP contribution in [0, 0.1) is 5.92 Å². The minimum atomic E-state index is 0. The summed E-state index contributed by atoms with van der Waals surface area (Å²) in [5, 5.41) is 7.13. The minimum absolute atomic E-state index is 0. The highest BCUT2D eigenvalue weighted by Crippen LogP contribution is 2.29. The molecule has 2 saturated carbocycles. The lowest BCUT2D eigenvalue weighted by molar-refractivity contribution is -0.121. The Balaban J connectivity index is 0.00000180. The van der Waals surface area contributed by atoms with E-state index in [1.165, 1.54) is 32.1 Å². The quantitative estimate of drug-likeness (QED) is 0.759.